The lowest BCUT2D eigenvalue weighted by Gasteiger charge is -2.09. The Balaban J connectivity index is 1.71. The van der Waals surface area contributed by atoms with E-state index in [0.717, 1.165) is 42.4 Å². The first-order chi connectivity index (χ1) is 17.1. The Labute approximate surface area is 202 Å². The summed E-state index contributed by atoms with van der Waals surface area (Å²) in [5, 5.41) is 0.450. The first kappa shape index (κ1) is 22.7. The first-order valence-corrected chi connectivity index (χ1v) is 12.1. The molecule has 178 valence electrons. The van der Waals surface area contributed by atoms with E-state index in [0.29, 0.717) is 40.9 Å². The number of aryl methyl sites for hydroxylation is 1. The minimum absolute atomic E-state index is 0.122. The zero-order chi connectivity index (χ0) is 24.4. The molecule has 0 atom stereocenters. The van der Waals surface area contributed by atoms with E-state index in [1.807, 2.05) is 28.8 Å². The number of benzene rings is 2. The van der Waals surface area contributed by atoms with Crippen LogP contribution in [-0.4, -0.2) is 36.7 Å². The maximum absolute atomic E-state index is 13.6. The van der Waals surface area contributed by atoms with Crippen molar-refractivity contribution in [1.29, 1.82) is 0 Å². The molecule has 0 spiro atoms. The van der Waals surface area contributed by atoms with Gasteiger partial charge in [-0.3, -0.25) is 13.9 Å². The molecule has 8 heteroatoms. The molecular weight excluding hydrogens is 442 g/mol. The standard InChI is InChI=1S/C27H27N5O3/c1-3-5-6-9-16-31-17-28-24-22(26(31)33)23-25(30-21-11-8-7-10-20(21)29-23)32(24)19-14-12-18(13-15-19)27(34)35-4-2/h7-8,10-15,17H,3-6,9,16H2,1-2H3. The lowest BCUT2D eigenvalue weighted by atomic mass is 10.2. The Kier molecular flexibility index (Phi) is 6.27. The average molecular weight is 470 g/mol. The number of para-hydroxylation sites is 2. The van der Waals surface area contributed by atoms with Crippen molar-refractivity contribution in [3.05, 3.63) is 70.8 Å². The third kappa shape index (κ3) is 4.16. The Morgan fingerprint density at radius 2 is 1.66 bits per heavy atom. The van der Waals surface area contributed by atoms with Crippen LogP contribution in [0, 0.1) is 0 Å². The molecule has 0 bridgehead atoms. The molecule has 8 nitrogen and oxygen atoms in total. The van der Waals surface area contributed by atoms with Crippen molar-refractivity contribution < 1.29 is 9.53 Å². The van der Waals surface area contributed by atoms with Gasteiger partial charge >= 0.3 is 5.97 Å². The molecule has 0 radical (unpaired) electrons. The van der Waals surface area contributed by atoms with E-state index in [9.17, 15) is 9.59 Å². The second-order valence-corrected chi connectivity index (χ2v) is 8.49. The SMILES string of the molecule is CCCCCCn1cnc2c(c1=O)c1nc3ccccc3nc1n2-c1ccc(C(=O)OCC)cc1. The molecule has 0 N–H and O–H groups in total. The molecular formula is C27H27N5O3. The van der Waals surface area contributed by atoms with Crippen molar-refractivity contribution in [3.63, 3.8) is 0 Å². The zero-order valence-corrected chi connectivity index (χ0v) is 19.9. The summed E-state index contributed by atoms with van der Waals surface area (Å²) in [6.45, 7) is 4.86. The summed E-state index contributed by atoms with van der Waals surface area (Å²) in [5.41, 5.74) is 4.08. The maximum Gasteiger partial charge on any atom is 0.338 e. The molecule has 2 aromatic carbocycles. The average Bonchev–Trinajstić information content (AvgIpc) is 3.20. The molecule has 3 aromatic heterocycles. The first-order valence-electron chi connectivity index (χ1n) is 12.1. The fraction of sp³-hybridized carbons (Fsp3) is 0.296. The fourth-order valence-corrected chi connectivity index (χ4v) is 4.35. The second-order valence-electron chi connectivity index (χ2n) is 8.49. The molecule has 5 aromatic rings. The second kappa shape index (κ2) is 9.66. The molecule has 0 amide bonds. The summed E-state index contributed by atoms with van der Waals surface area (Å²) in [6.07, 6.45) is 5.88. The summed E-state index contributed by atoms with van der Waals surface area (Å²) in [5.74, 6) is -0.379. The van der Waals surface area contributed by atoms with Gasteiger partial charge in [0, 0.05) is 12.2 Å². The van der Waals surface area contributed by atoms with Crippen LogP contribution in [-0.2, 0) is 11.3 Å². The van der Waals surface area contributed by atoms with E-state index in [-0.39, 0.29) is 11.5 Å². The molecule has 0 unspecified atom stereocenters. The number of fused-ring (bicyclic) bond motifs is 4. The van der Waals surface area contributed by atoms with E-state index in [1.165, 1.54) is 0 Å². The maximum atomic E-state index is 13.6. The molecule has 0 fully saturated rings. The minimum Gasteiger partial charge on any atom is -0.462 e. The summed E-state index contributed by atoms with van der Waals surface area (Å²) in [4.78, 5) is 40.1. The van der Waals surface area contributed by atoms with Crippen LogP contribution >= 0.6 is 0 Å². The normalized spacial score (nSPS) is 11.5. The number of hydrogen-bond donors (Lipinski definition) is 0. The predicted molar refractivity (Wildman–Crippen MR) is 136 cm³/mol. The number of carbonyl (C=O) groups excluding carboxylic acids is 1. The number of ether oxygens (including phenoxy) is 1. The van der Waals surface area contributed by atoms with Gasteiger partial charge in [0.05, 0.1) is 29.5 Å². The smallest absolute Gasteiger partial charge is 0.338 e. The number of nitrogens with zero attached hydrogens (tertiary/aromatic N) is 5. The third-order valence-corrected chi connectivity index (χ3v) is 6.12. The predicted octanol–water partition coefficient (Wildman–Crippen LogP) is 5.04. The highest BCUT2D eigenvalue weighted by atomic mass is 16.5. The van der Waals surface area contributed by atoms with Crippen molar-refractivity contribution in [2.24, 2.45) is 0 Å². The number of esters is 1. The van der Waals surface area contributed by atoms with Crippen molar-refractivity contribution in [1.82, 2.24) is 24.1 Å². The van der Waals surface area contributed by atoms with Crippen molar-refractivity contribution in [3.8, 4) is 5.69 Å². The Morgan fingerprint density at radius 1 is 0.914 bits per heavy atom. The Hall–Kier alpha value is -4.07. The molecule has 35 heavy (non-hydrogen) atoms. The van der Waals surface area contributed by atoms with Crippen LogP contribution in [0.5, 0.6) is 0 Å². The number of unbranched alkanes of at least 4 members (excludes halogenated alkanes) is 3. The van der Waals surface area contributed by atoms with Gasteiger partial charge in [0.2, 0.25) is 0 Å². The Bertz CT molecular complexity index is 1580. The summed E-state index contributed by atoms with van der Waals surface area (Å²) >= 11 is 0. The summed E-state index contributed by atoms with van der Waals surface area (Å²) in [6, 6.07) is 14.6. The van der Waals surface area contributed by atoms with Gasteiger partial charge in [0.15, 0.2) is 11.3 Å². The van der Waals surface area contributed by atoms with Crippen molar-refractivity contribution in [2.75, 3.05) is 6.61 Å². The summed E-state index contributed by atoms with van der Waals surface area (Å²) < 4.78 is 8.60. The van der Waals surface area contributed by atoms with E-state index in [2.05, 4.69) is 11.9 Å². The number of carbonyl (C=O) groups is 1. The molecule has 3 heterocycles. The van der Waals surface area contributed by atoms with Gasteiger partial charge < -0.3 is 4.74 Å². The van der Waals surface area contributed by atoms with Crippen molar-refractivity contribution in [2.45, 2.75) is 46.1 Å². The quantitative estimate of drug-likeness (QED) is 0.234. The van der Waals surface area contributed by atoms with Crippen LogP contribution in [0.3, 0.4) is 0 Å². The van der Waals surface area contributed by atoms with Gasteiger partial charge in [0.25, 0.3) is 5.56 Å². The monoisotopic (exact) mass is 469 g/mol. The van der Waals surface area contributed by atoms with Crippen LogP contribution < -0.4 is 5.56 Å². The van der Waals surface area contributed by atoms with Crippen LogP contribution in [0.1, 0.15) is 49.9 Å². The van der Waals surface area contributed by atoms with Gasteiger partial charge in [-0.25, -0.2) is 19.7 Å². The van der Waals surface area contributed by atoms with Gasteiger partial charge in [-0.05, 0) is 49.7 Å². The van der Waals surface area contributed by atoms with E-state index >= 15 is 0 Å². The Morgan fingerprint density at radius 3 is 2.37 bits per heavy atom. The van der Waals surface area contributed by atoms with Gasteiger partial charge in [-0.15, -0.1) is 0 Å². The van der Waals surface area contributed by atoms with Crippen molar-refractivity contribution >= 4 is 39.2 Å². The number of rotatable bonds is 8. The highest BCUT2D eigenvalue weighted by Crippen LogP contribution is 2.28. The zero-order valence-electron chi connectivity index (χ0n) is 19.9. The highest BCUT2D eigenvalue weighted by Gasteiger charge is 2.21. The third-order valence-electron chi connectivity index (χ3n) is 6.12. The number of hydrogen-bond acceptors (Lipinski definition) is 6. The largest absolute Gasteiger partial charge is 0.462 e. The minimum atomic E-state index is -0.379. The lowest BCUT2D eigenvalue weighted by molar-refractivity contribution is 0.0526. The van der Waals surface area contributed by atoms with Crippen LogP contribution in [0.4, 0.5) is 0 Å². The molecule has 0 aliphatic rings. The molecule has 0 saturated heterocycles. The molecule has 5 rings (SSSR count). The molecule has 0 aliphatic heterocycles. The van der Waals surface area contributed by atoms with E-state index in [4.69, 9.17) is 14.7 Å². The highest BCUT2D eigenvalue weighted by molar-refractivity contribution is 6.05. The van der Waals surface area contributed by atoms with Crippen LogP contribution in [0.15, 0.2) is 59.7 Å². The van der Waals surface area contributed by atoms with Gasteiger partial charge in [0.1, 0.15) is 10.9 Å². The lowest BCUT2D eigenvalue weighted by Crippen LogP contribution is -2.20. The van der Waals surface area contributed by atoms with E-state index in [1.54, 1.807) is 42.1 Å². The molecule has 0 aliphatic carbocycles. The fourth-order valence-electron chi connectivity index (χ4n) is 4.35. The number of aromatic nitrogens is 5. The summed E-state index contributed by atoms with van der Waals surface area (Å²) in [7, 11) is 0. The van der Waals surface area contributed by atoms with Crippen LogP contribution in [0.25, 0.3) is 38.9 Å². The molecule has 0 saturated carbocycles. The topological polar surface area (TPSA) is 91.9 Å². The van der Waals surface area contributed by atoms with Crippen LogP contribution in [0.2, 0.25) is 0 Å². The van der Waals surface area contributed by atoms with Gasteiger partial charge in [-0.1, -0.05) is 38.3 Å². The van der Waals surface area contributed by atoms with Gasteiger partial charge in [-0.2, -0.15) is 0 Å². The van der Waals surface area contributed by atoms with E-state index < -0.39 is 0 Å².